The summed E-state index contributed by atoms with van der Waals surface area (Å²) >= 11 is 0. The van der Waals surface area contributed by atoms with Crippen molar-refractivity contribution in [2.75, 3.05) is 20.6 Å². The predicted octanol–water partition coefficient (Wildman–Crippen LogP) is 10.6. The minimum absolute atomic E-state index is 0.231. The maximum absolute atomic E-state index is 11.5. The van der Waals surface area contributed by atoms with E-state index < -0.39 is 0 Å². The Bertz CT molecular complexity index is 824. The van der Waals surface area contributed by atoms with Crippen molar-refractivity contribution in [2.24, 2.45) is 0 Å². The number of benzene rings is 2. The highest BCUT2D eigenvalue weighted by Crippen LogP contribution is 2.35. The summed E-state index contributed by atoms with van der Waals surface area (Å²) in [5.41, 5.74) is 2.50. The molecule has 1 fully saturated rings. The smallest absolute Gasteiger partial charge is 0.104 e. The van der Waals surface area contributed by atoms with Gasteiger partial charge in [0.25, 0.3) is 0 Å². The van der Waals surface area contributed by atoms with Gasteiger partial charge in [0.1, 0.15) is 6.54 Å². The van der Waals surface area contributed by atoms with Gasteiger partial charge in [-0.15, -0.1) is 5.75 Å². The molecule has 1 saturated carbocycles. The molecule has 1 aliphatic rings. The van der Waals surface area contributed by atoms with E-state index in [2.05, 4.69) is 51.4 Å². The van der Waals surface area contributed by atoms with Gasteiger partial charge in [0.2, 0.25) is 0 Å². The van der Waals surface area contributed by atoms with Crippen LogP contribution in [0.5, 0.6) is 5.75 Å². The highest BCUT2D eigenvalue weighted by Gasteiger charge is 2.16. The number of hydrogen-bond acceptors (Lipinski definition) is 1. The van der Waals surface area contributed by atoms with Gasteiger partial charge in [0.15, 0.2) is 0 Å². The average molecular weight is 536 g/mol. The average Bonchev–Trinajstić information content (AvgIpc) is 2.94. The van der Waals surface area contributed by atoms with Gasteiger partial charge in [-0.25, -0.2) is 0 Å². The third-order valence-electron chi connectivity index (χ3n) is 8.53. The largest absolute Gasteiger partial charge is 0.872 e. The van der Waals surface area contributed by atoms with Crippen molar-refractivity contribution >= 4 is 0 Å². The fourth-order valence-corrected chi connectivity index (χ4v) is 6.12. The molecule has 2 aromatic carbocycles. The van der Waals surface area contributed by atoms with Gasteiger partial charge in [-0.3, -0.25) is 0 Å². The molecule has 2 nitrogen and oxygen atoms in total. The molecule has 39 heavy (non-hydrogen) atoms. The summed E-state index contributed by atoms with van der Waals surface area (Å²) < 4.78 is 1.11. The summed E-state index contributed by atoms with van der Waals surface area (Å²) in [6, 6.07) is 18.4. The first-order chi connectivity index (χ1) is 19.0. The number of para-hydroxylation sites is 1. The van der Waals surface area contributed by atoms with Crippen LogP contribution in [-0.4, -0.2) is 25.1 Å². The monoisotopic (exact) mass is 535 g/mol. The molecule has 0 atom stereocenters. The number of quaternary nitrogens is 1. The Labute approximate surface area is 242 Å². The van der Waals surface area contributed by atoms with E-state index in [1.807, 2.05) is 18.2 Å². The zero-order chi connectivity index (χ0) is 28.0. The summed E-state index contributed by atoms with van der Waals surface area (Å²) in [6.07, 6.45) is 26.5. The Morgan fingerprint density at radius 3 is 1.64 bits per heavy atom. The van der Waals surface area contributed by atoms with Crippen molar-refractivity contribution < 1.29 is 9.59 Å². The van der Waals surface area contributed by atoms with Crippen LogP contribution < -0.4 is 5.11 Å². The summed E-state index contributed by atoms with van der Waals surface area (Å²) in [6.45, 7) is 4.75. The molecule has 220 valence electrons. The minimum Gasteiger partial charge on any atom is -0.872 e. The van der Waals surface area contributed by atoms with Crippen LogP contribution in [-0.2, 0) is 6.54 Å². The first-order valence-corrected chi connectivity index (χ1v) is 16.6. The van der Waals surface area contributed by atoms with Crippen molar-refractivity contribution in [2.45, 2.75) is 141 Å². The Balaban J connectivity index is 0.000000338. The Morgan fingerprint density at radius 2 is 1.10 bits per heavy atom. The van der Waals surface area contributed by atoms with E-state index >= 15 is 0 Å². The van der Waals surface area contributed by atoms with Gasteiger partial charge < -0.3 is 9.59 Å². The normalized spacial score (nSPS) is 14.1. The minimum atomic E-state index is 0.231. The van der Waals surface area contributed by atoms with Gasteiger partial charge in [-0.05, 0) is 31.6 Å². The molecule has 3 rings (SSSR count). The SMILES string of the molecule is CCCCCCCCCCCCCCCC[N+](C)(C)Cc1ccccc1.[O-]c1ccccc1C1CCCCC1. The third kappa shape index (κ3) is 16.2. The first kappa shape index (κ1) is 33.4. The molecule has 0 spiro atoms. The second kappa shape index (κ2) is 21.0. The molecule has 0 aromatic heterocycles. The fourth-order valence-electron chi connectivity index (χ4n) is 6.12. The van der Waals surface area contributed by atoms with Crippen LogP contribution >= 0.6 is 0 Å². The summed E-state index contributed by atoms with van der Waals surface area (Å²) in [5, 5.41) is 11.5. The fraction of sp³-hybridized carbons (Fsp3) is 0.676. The van der Waals surface area contributed by atoms with E-state index in [1.165, 1.54) is 134 Å². The number of nitrogens with zero attached hydrogens (tertiary/aromatic N) is 1. The second-order valence-corrected chi connectivity index (χ2v) is 12.8. The highest BCUT2D eigenvalue weighted by atomic mass is 16.3. The zero-order valence-corrected chi connectivity index (χ0v) is 26.0. The van der Waals surface area contributed by atoms with Gasteiger partial charge >= 0.3 is 0 Å². The van der Waals surface area contributed by atoms with Gasteiger partial charge in [0, 0.05) is 5.56 Å². The van der Waals surface area contributed by atoms with Gasteiger partial charge in [-0.2, -0.15) is 0 Å². The van der Waals surface area contributed by atoms with Crippen LogP contribution in [0, 0.1) is 0 Å². The van der Waals surface area contributed by atoms with Crippen LogP contribution in [0.3, 0.4) is 0 Å². The molecule has 0 saturated heterocycles. The van der Waals surface area contributed by atoms with E-state index in [4.69, 9.17) is 0 Å². The maximum atomic E-state index is 11.5. The van der Waals surface area contributed by atoms with Crippen LogP contribution in [0.25, 0.3) is 0 Å². The van der Waals surface area contributed by atoms with Gasteiger partial charge in [0.05, 0.1) is 20.6 Å². The molecule has 0 N–H and O–H groups in total. The lowest BCUT2D eigenvalue weighted by molar-refractivity contribution is -0.903. The molecule has 2 aromatic rings. The van der Waals surface area contributed by atoms with E-state index in [1.54, 1.807) is 6.07 Å². The van der Waals surface area contributed by atoms with Crippen molar-refractivity contribution in [1.29, 1.82) is 0 Å². The van der Waals surface area contributed by atoms with Crippen molar-refractivity contribution in [3.63, 3.8) is 0 Å². The molecule has 0 bridgehead atoms. The lowest BCUT2D eigenvalue weighted by Crippen LogP contribution is -2.39. The highest BCUT2D eigenvalue weighted by molar-refractivity contribution is 5.33. The zero-order valence-electron chi connectivity index (χ0n) is 26.0. The van der Waals surface area contributed by atoms with Crippen molar-refractivity contribution in [3.8, 4) is 5.75 Å². The predicted molar refractivity (Wildman–Crippen MR) is 169 cm³/mol. The number of hydrogen-bond donors (Lipinski definition) is 0. The Hall–Kier alpha value is -1.80. The van der Waals surface area contributed by atoms with E-state index in [-0.39, 0.29) is 5.75 Å². The maximum Gasteiger partial charge on any atom is 0.104 e. The quantitative estimate of drug-likeness (QED) is 0.137. The van der Waals surface area contributed by atoms with E-state index in [9.17, 15) is 5.11 Å². The van der Waals surface area contributed by atoms with Crippen LogP contribution in [0.1, 0.15) is 146 Å². The molecule has 1 aliphatic carbocycles. The molecule has 0 radical (unpaired) electrons. The first-order valence-electron chi connectivity index (χ1n) is 16.6. The van der Waals surface area contributed by atoms with E-state index in [0.29, 0.717) is 5.92 Å². The molecule has 0 heterocycles. The van der Waals surface area contributed by atoms with Crippen molar-refractivity contribution in [1.82, 2.24) is 0 Å². The number of rotatable bonds is 18. The van der Waals surface area contributed by atoms with E-state index in [0.717, 1.165) is 16.6 Å². The molecule has 0 unspecified atom stereocenters. The molecular formula is C37H61NO. The molecule has 0 amide bonds. The van der Waals surface area contributed by atoms with Gasteiger partial charge in [-0.1, -0.05) is 163 Å². The Morgan fingerprint density at radius 1 is 0.615 bits per heavy atom. The van der Waals surface area contributed by atoms with Crippen LogP contribution in [0.15, 0.2) is 54.6 Å². The second-order valence-electron chi connectivity index (χ2n) is 12.8. The standard InChI is InChI=1S/C25H46N.C12H16O/c1-4-5-6-7-8-9-10-11-12-13-14-15-16-20-23-26(2,3)24-25-21-18-17-19-22-25;13-12-9-5-4-8-11(12)10-6-2-1-3-7-10/h17-19,21-22H,4-16,20,23-24H2,1-3H3;4-5,8-10,13H,1-3,6-7H2/q+1;/p-1. The molecular weight excluding hydrogens is 474 g/mol. The summed E-state index contributed by atoms with van der Waals surface area (Å²) in [7, 11) is 4.74. The lowest BCUT2D eigenvalue weighted by atomic mass is 9.84. The number of unbranched alkanes of at least 4 members (excludes halogenated alkanes) is 13. The molecule has 0 aliphatic heterocycles. The molecule has 2 heteroatoms. The lowest BCUT2D eigenvalue weighted by Gasteiger charge is -2.30. The summed E-state index contributed by atoms with van der Waals surface area (Å²) in [5.74, 6) is 0.775. The van der Waals surface area contributed by atoms with Crippen LogP contribution in [0.4, 0.5) is 0 Å². The van der Waals surface area contributed by atoms with Crippen LogP contribution in [0.2, 0.25) is 0 Å². The topological polar surface area (TPSA) is 23.1 Å². The Kier molecular flexibility index (Phi) is 18.0. The third-order valence-corrected chi connectivity index (χ3v) is 8.53. The van der Waals surface area contributed by atoms with Crippen molar-refractivity contribution in [3.05, 3.63) is 65.7 Å². The summed E-state index contributed by atoms with van der Waals surface area (Å²) in [4.78, 5) is 0.